The molecule has 0 saturated heterocycles. The molecule has 0 unspecified atom stereocenters. The first-order chi connectivity index (χ1) is 8.70. The van der Waals surface area contributed by atoms with Crippen LogP contribution in [0.4, 0.5) is 0 Å². The van der Waals surface area contributed by atoms with E-state index in [1.807, 2.05) is 6.92 Å². The summed E-state index contributed by atoms with van der Waals surface area (Å²) in [5.74, 6) is 1.03. The highest BCUT2D eigenvalue weighted by Crippen LogP contribution is 2.13. The third-order valence-corrected chi connectivity index (χ3v) is 2.96. The molecule has 0 bridgehead atoms. The fourth-order valence-corrected chi connectivity index (χ4v) is 1.82. The molecule has 2 aromatic heterocycles. The monoisotopic (exact) mass is 309 g/mol. The van der Waals surface area contributed by atoms with Crippen LogP contribution in [0.25, 0.3) is 0 Å². The molecule has 5 nitrogen and oxygen atoms in total. The van der Waals surface area contributed by atoms with E-state index in [2.05, 4.69) is 31.2 Å². The highest BCUT2D eigenvalue weighted by molar-refractivity contribution is 9.10. The van der Waals surface area contributed by atoms with Crippen molar-refractivity contribution in [2.75, 3.05) is 0 Å². The third-order valence-electron chi connectivity index (χ3n) is 2.32. The summed E-state index contributed by atoms with van der Waals surface area (Å²) < 4.78 is 6.05. The highest BCUT2D eigenvalue weighted by Gasteiger charge is 2.11. The number of hydrogen-bond acceptors (Lipinski definition) is 4. The van der Waals surface area contributed by atoms with Crippen LogP contribution in [-0.2, 0) is 13.0 Å². The number of halogens is 1. The minimum absolute atomic E-state index is 0.252. The minimum Gasteiger partial charge on any atom is -0.444 e. The van der Waals surface area contributed by atoms with Crippen LogP contribution in [-0.4, -0.2) is 15.9 Å². The molecule has 0 aromatic carbocycles. The predicted octanol–water partition coefficient (Wildman–Crippen LogP) is 2.32. The molecule has 6 heteroatoms. The van der Waals surface area contributed by atoms with Gasteiger partial charge in [-0.2, -0.15) is 0 Å². The molecular weight excluding hydrogens is 298 g/mol. The number of oxazole rings is 1. The van der Waals surface area contributed by atoms with Crippen molar-refractivity contribution in [2.45, 2.75) is 19.9 Å². The average molecular weight is 310 g/mol. The second kappa shape index (κ2) is 5.77. The van der Waals surface area contributed by atoms with E-state index in [0.717, 1.165) is 12.2 Å². The van der Waals surface area contributed by atoms with Crippen molar-refractivity contribution in [1.82, 2.24) is 15.3 Å². The van der Waals surface area contributed by atoms with Crippen LogP contribution in [0.2, 0.25) is 0 Å². The lowest BCUT2D eigenvalue weighted by molar-refractivity contribution is 0.0941. The van der Waals surface area contributed by atoms with Gasteiger partial charge in [0.05, 0.1) is 12.7 Å². The maximum atomic E-state index is 11.8. The highest BCUT2D eigenvalue weighted by atomic mass is 79.9. The number of carbonyl (C=O) groups excluding carboxylic acids is 1. The van der Waals surface area contributed by atoms with E-state index >= 15 is 0 Å². The summed E-state index contributed by atoms with van der Waals surface area (Å²) in [5.41, 5.74) is 0.347. The van der Waals surface area contributed by atoms with Gasteiger partial charge in [-0.1, -0.05) is 6.92 Å². The fraction of sp³-hybridized carbons (Fsp3) is 0.250. The summed E-state index contributed by atoms with van der Waals surface area (Å²) in [5, 5.41) is 2.71. The summed E-state index contributed by atoms with van der Waals surface area (Å²) in [6, 6.07) is 3.52. The first kappa shape index (κ1) is 12.8. The summed E-state index contributed by atoms with van der Waals surface area (Å²) in [6.07, 6.45) is 4.02. The first-order valence-electron chi connectivity index (χ1n) is 5.53. The molecule has 0 atom stereocenters. The number of amides is 1. The molecule has 0 aliphatic rings. The Morgan fingerprint density at radius 3 is 3.00 bits per heavy atom. The molecule has 0 spiro atoms. The average Bonchev–Trinajstić information content (AvgIpc) is 2.84. The molecule has 2 heterocycles. The molecule has 18 heavy (non-hydrogen) atoms. The van der Waals surface area contributed by atoms with Crippen molar-refractivity contribution < 1.29 is 9.21 Å². The van der Waals surface area contributed by atoms with Gasteiger partial charge < -0.3 is 9.73 Å². The topological polar surface area (TPSA) is 68.0 Å². The zero-order chi connectivity index (χ0) is 13.0. The van der Waals surface area contributed by atoms with Crippen LogP contribution < -0.4 is 5.32 Å². The lowest BCUT2D eigenvalue weighted by Crippen LogP contribution is -2.24. The number of hydrogen-bond donors (Lipinski definition) is 1. The van der Waals surface area contributed by atoms with Gasteiger partial charge in [-0.05, 0) is 28.1 Å². The van der Waals surface area contributed by atoms with E-state index in [0.29, 0.717) is 16.1 Å². The van der Waals surface area contributed by atoms with Crippen LogP contribution >= 0.6 is 15.9 Å². The van der Waals surface area contributed by atoms with Gasteiger partial charge >= 0.3 is 0 Å². The van der Waals surface area contributed by atoms with Crippen molar-refractivity contribution in [3.05, 3.63) is 46.3 Å². The van der Waals surface area contributed by atoms with Crippen molar-refractivity contribution >= 4 is 21.8 Å². The maximum Gasteiger partial charge on any atom is 0.271 e. The molecule has 2 rings (SSSR count). The summed E-state index contributed by atoms with van der Waals surface area (Å²) in [6.45, 7) is 2.23. The number of nitrogens with one attached hydrogen (secondary N) is 1. The standard InChI is InChI=1S/C12H12BrN3O2/c1-2-8-6-15-10(18-8)7-16-12(17)11-9(13)4-3-5-14-11/h3-6H,2,7H2,1H3,(H,16,17). The molecule has 1 N–H and O–H groups in total. The third kappa shape index (κ3) is 2.95. The van der Waals surface area contributed by atoms with Gasteiger partial charge in [-0.3, -0.25) is 4.79 Å². The molecular formula is C12H12BrN3O2. The smallest absolute Gasteiger partial charge is 0.271 e. The Labute approximate surface area is 113 Å². The minimum atomic E-state index is -0.265. The van der Waals surface area contributed by atoms with E-state index in [9.17, 15) is 4.79 Å². The molecule has 1 amide bonds. The van der Waals surface area contributed by atoms with Crippen LogP contribution in [0.5, 0.6) is 0 Å². The second-order valence-corrected chi connectivity index (χ2v) is 4.44. The predicted molar refractivity (Wildman–Crippen MR) is 69.0 cm³/mol. The number of pyridine rings is 1. The van der Waals surface area contributed by atoms with Crippen molar-refractivity contribution in [1.29, 1.82) is 0 Å². The van der Waals surface area contributed by atoms with E-state index < -0.39 is 0 Å². The van der Waals surface area contributed by atoms with Gasteiger partial charge in [-0.15, -0.1) is 0 Å². The summed E-state index contributed by atoms with van der Waals surface area (Å²) in [7, 11) is 0. The lowest BCUT2D eigenvalue weighted by atomic mass is 10.3. The van der Waals surface area contributed by atoms with Gasteiger partial charge in [0.25, 0.3) is 5.91 Å². The molecule has 94 valence electrons. The summed E-state index contributed by atoms with van der Waals surface area (Å²) >= 11 is 3.28. The van der Waals surface area contributed by atoms with Gasteiger partial charge in [0.15, 0.2) is 0 Å². The van der Waals surface area contributed by atoms with E-state index in [1.54, 1.807) is 24.5 Å². The normalized spacial score (nSPS) is 10.3. The number of aryl methyl sites for hydroxylation is 1. The fourth-order valence-electron chi connectivity index (χ4n) is 1.39. The Kier molecular flexibility index (Phi) is 4.09. The van der Waals surface area contributed by atoms with Crippen LogP contribution in [0.3, 0.4) is 0 Å². The Bertz CT molecular complexity index is 554. The van der Waals surface area contributed by atoms with Gasteiger partial charge in [0, 0.05) is 17.1 Å². The molecule has 0 fully saturated rings. The second-order valence-electron chi connectivity index (χ2n) is 3.59. The molecule has 2 aromatic rings. The van der Waals surface area contributed by atoms with Crippen LogP contribution in [0.15, 0.2) is 33.4 Å². The van der Waals surface area contributed by atoms with Gasteiger partial charge in [0.1, 0.15) is 11.5 Å². The van der Waals surface area contributed by atoms with E-state index in [1.165, 1.54) is 0 Å². The quantitative estimate of drug-likeness (QED) is 0.941. The molecule has 0 aliphatic carbocycles. The lowest BCUT2D eigenvalue weighted by Gasteiger charge is -2.03. The van der Waals surface area contributed by atoms with Crippen molar-refractivity contribution in [3.63, 3.8) is 0 Å². The van der Waals surface area contributed by atoms with E-state index in [4.69, 9.17) is 4.42 Å². The Morgan fingerprint density at radius 2 is 2.33 bits per heavy atom. The summed E-state index contributed by atoms with van der Waals surface area (Å²) in [4.78, 5) is 19.9. The van der Waals surface area contributed by atoms with Crippen LogP contribution in [0.1, 0.15) is 29.1 Å². The van der Waals surface area contributed by atoms with E-state index in [-0.39, 0.29) is 12.5 Å². The van der Waals surface area contributed by atoms with Gasteiger partial charge in [-0.25, -0.2) is 9.97 Å². The molecule has 0 radical (unpaired) electrons. The Balaban J connectivity index is 1.98. The Hall–Kier alpha value is -1.69. The zero-order valence-electron chi connectivity index (χ0n) is 9.81. The maximum absolute atomic E-state index is 11.8. The first-order valence-corrected chi connectivity index (χ1v) is 6.32. The number of carbonyl (C=O) groups is 1. The van der Waals surface area contributed by atoms with Crippen LogP contribution in [0, 0.1) is 0 Å². The van der Waals surface area contributed by atoms with Crippen molar-refractivity contribution in [3.8, 4) is 0 Å². The SMILES string of the molecule is CCc1cnc(CNC(=O)c2ncccc2Br)o1. The number of nitrogens with zero attached hydrogens (tertiary/aromatic N) is 2. The largest absolute Gasteiger partial charge is 0.444 e. The molecule has 0 aliphatic heterocycles. The van der Waals surface area contributed by atoms with Gasteiger partial charge in [0.2, 0.25) is 5.89 Å². The number of aromatic nitrogens is 2. The zero-order valence-corrected chi connectivity index (χ0v) is 11.4. The Morgan fingerprint density at radius 1 is 1.50 bits per heavy atom. The number of rotatable bonds is 4. The molecule has 0 saturated carbocycles. The van der Waals surface area contributed by atoms with Crippen molar-refractivity contribution in [2.24, 2.45) is 0 Å².